The number of hydrogen-bond acceptors (Lipinski definition) is 5. The van der Waals surface area contributed by atoms with Gasteiger partial charge >= 0.3 is 0 Å². The van der Waals surface area contributed by atoms with Gasteiger partial charge in [-0.15, -0.1) is 0 Å². The third kappa shape index (κ3) is 4.35. The van der Waals surface area contributed by atoms with Gasteiger partial charge in [0.05, 0.1) is 6.10 Å². The molecule has 1 saturated carbocycles. The average Bonchev–Trinajstić information content (AvgIpc) is 2.37. The molecule has 0 saturated heterocycles. The minimum absolute atomic E-state index is 0.120. The van der Waals surface area contributed by atoms with E-state index in [1.807, 2.05) is 13.8 Å². The standard InChI is InChI=1S/C14H24N4O/c1-10(2)19-13-7-8-16-14(18-13)17-9-11-5-3-4-6-12(11)15/h7-8,10-12H,3-6,9,15H2,1-2H3,(H,16,17,18). The minimum Gasteiger partial charge on any atom is -0.475 e. The second kappa shape index (κ2) is 6.70. The lowest BCUT2D eigenvalue weighted by Gasteiger charge is -2.28. The van der Waals surface area contributed by atoms with Crippen LogP contribution >= 0.6 is 0 Å². The summed E-state index contributed by atoms with van der Waals surface area (Å²) in [5.41, 5.74) is 6.13. The van der Waals surface area contributed by atoms with Crippen molar-refractivity contribution in [3.63, 3.8) is 0 Å². The number of anilines is 1. The van der Waals surface area contributed by atoms with Crippen molar-refractivity contribution in [2.45, 2.75) is 51.7 Å². The molecule has 2 rings (SSSR count). The molecule has 5 heteroatoms. The van der Waals surface area contributed by atoms with Gasteiger partial charge in [-0.1, -0.05) is 12.8 Å². The molecule has 1 aliphatic carbocycles. The Bertz CT molecular complexity index is 397. The predicted molar refractivity (Wildman–Crippen MR) is 76.2 cm³/mol. The van der Waals surface area contributed by atoms with Crippen molar-refractivity contribution in [1.82, 2.24) is 9.97 Å². The molecule has 106 valence electrons. The van der Waals surface area contributed by atoms with Crippen molar-refractivity contribution in [1.29, 1.82) is 0 Å². The number of ether oxygens (including phenoxy) is 1. The van der Waals surface area contributed by atoms with E-state index in [1.54, 1.807) is 12.3 Å². The molecule has 1 heterocycles. The molecule has 0 aromatic carbocycles. The van der Waals surface area contributed by atoms with Crippen LogP contribution in [0.25, 0.3) is 0 Å². The van der Waals surface area contributed by atoms with E-state index in [0.29, 0.717) is 23.8 Å². The summed E-state index contributed by atoms with van der Waals surface area (Å²) in [6.07, 6.45) is 6.69. The van der Waals surface area contributed by atoms with Crippen LogP contribution in [0, 0.1) is 5.92 Å². The van der Waals surface area contributed by atoms with Gasteiger partial charge in [-0.2, -0.15) is 4.98 Å². The lowest BCUT2D eigenvalue weighted by molar-refractivity contribution is 0.232. The molecule has 2 unspecified atom stereocenters. The number of nitrogens with two attached hydrogens (primary N) is 1. The molecule has 0 amide bonds. The first-order valence-electron chi connectivity index (χ1n) is 7.14. The fourth-order valence-corrected chi connectivity index (χ4v) is 2.45. The van der Waals surface area contributed by atoms with Crippen molar-refractivity contribution < 1.29 is 4.74 Å². The second-order valence-corrected chi connectivity index (χ2v) is 5.47. The van der Waals surface area contributed by atoms with E-state index in [-0.39, 0.29) is 6.10 Å². The minimum atomic E-state index is 0.120. The van der Waals surface area contributed by atoms with Crippen molar-refractivity contribution >= 4 is 5.95 Å². The summed E-state index contributed by atoms with van der Waals surface area (Å²) >= 11 is 0. The molecule has 5 nitrogen and oxygen atoms in total. The first-order chi connectivity index (χ1) is 9.15. The van der Waals surface area contributed by atoms with E-state index >= 15 is 0 Å². The highest BCUT2D eigenvalue weighted by Crippen LogP contribution is 2.23. The van der Waals surface area contributed by atoms with Gasteiger partial charge in [0.1, 0.15) is 0 Å². The monoisotopic (exact) mass is 264 g/mol. The van der Waals surface area contributed by atoms with Crippen LogP contribution in [0.4, 0.5) is 5.95 Å². The lowest BCUT2D eigenvalue weighted by atomic mass is 9.85. The zero-order chi connectivity index (χ0) is 13.7. The lowest BCUT2D eigenvalue weighted by Crippen LogP contribution is -2.37. The summed E-state index contributed by atoms with van der Waals surface area (Å²) in [6.45, 7) is 4.80. The Labute approximate surface area is 115 Å². The first kappa shape index (κ1) is 14.1. The zero-order valence-corrected chi connectivity index (χ0v) is 11.8. The molecule has 1 aromatic rings. The Kier molecular flexibility index (Phi) is 4.96. The van der Waals surface area contributed by atoms with Gasteiger partial charge in [-0.3, -0.25) is 0 Å². The van der Waals surface area contributed by atoms with Crippen LogP contribution in [0.3, 0.4) is 0 Å². The van der Waals surface area contributed by atoms with E-state index in [1.165, 1.54) is 19.3 Å². The summed E-state index contributed by atoms with van der Waals surface area (Å²) in [6, 6.07) is 2.08. The maximum absolute atomic E-state index is 6.13. The first-order valence-corrected chi connectivity index (χ1v) is 7.14. The number of nitrogens with one attached hydrogen (secondary N) is 1. The van der Waals surface area contributed by atoms with E-state index in [4.69, 9.17) is 10.5 Å². The van der Waals surface area contributed by atoms with E-state index < -0.39 is 0 Å². The van der Waals surface area contributed by atoms with Gasteiger partial charge in [0.25, 0.3) is 0 Å². The van der Waals surface area contributed by atoms with Crippen molar-refractivity contribution in [2.75, 3.05) is 11.9 Å². The molecule has 3 N–H and O–H groups in total. The van der Waals surface area contributed by atoms with Gasteiger partial charge in [0.2, 0.25) is 11.8 Å². The predicted octanol–water partition coefficient (Wildman–Crippen LogP) is 2.19. The van der Waals surface area contributed by atoms with Crippen molar-refractivity contribution in [3.05, 3.63) is 12.3 Å². The fourth-order valence-electron chi connectivity index (χ4n) is 2.45. The third-order valence-electron chi connectivity index (χ3n) is 3.48. The maximum atomic E-state index is 6.13. The quantitative estimate of drug-likeness (QED) is 0.853. The number of hydrogen-bond donors (Lipinski definition) is 2. The number of nitrogens with zero attached hydrogens (tertiary/aromatic N) is 2. The molecule has 1 fully saturated rings. The Morgan fingerprint density at radius 2 is 2.21 bits per heavy atom. The Balaban J connectivity index is 1.88. The molecule has 0 bridgehead atoms. The van der Waals surface area contributed by atoms with Gasteiger partial charge in [-0.05, 0) is 32.6 Å². The Hall–Kier alpha value is -1.36. The van der Waals surface area contributed by atoms with E-state index in [0.717, 1.165) is 13.0 Å². The van der Waals surface area contributed by atoms with Gasteiger partial charge < -0.3 is 15.8 Å². The second-order valence-electron chi connectivity index (χ2n) is 5.47. The number of aromatic nitrogens is 2. The number of rotatable bonds is 5. The summed E-state index contributed by atoms with van der Waals surface area (Å²) in [5, 5.41) is 3.28. The molecule has 2 atom stereocenters. The van der Waals surface area contributed by atoms with Crippen LogP contribution in [-0.4, -0.2) is 28.7 Å². The Morgan fingerprint density at radius 3 is 2.95 bits per heavy atom. The molecular formula is C14H24N4O. The Morgan fingerprint density at radius 1 is 1.42 bits per heavy atom. The van der Waals surface area contributed by atoms with E-state index in [9.17, 15) is 0 Å². The van der Waals surface area contributed by atoms with Crippen LogP contribution in [0.1, 0.15) is 39.5 Å². The van der Waals surface area contributed by atoms with Gasteiger partial charge in [0, 0.05) is 24.8 Å². The topological polar surface area (TPSA) is 73.1 Å². The molecule has 19 heavy (non-hydrogen) atoms. The maximum Gasteiger partial charge on any atom is 0.225 e. The SMILES string of the molecule is CC(C)Oc1ccnc(NCC2CCCCC2N)n1. The van der Waals surface area contributed by atoms with Crippen LogP contribution in [0.15, 0.2) is 12.3 Å². The fraction of sp³-hybridized carbons (Fsp3) is 0.714. The molecule has 1 aliphatic rings. The van der Waals surface area contributed by atoms with Crippen LogP contribution < -0.4 is 15.8 Å². The molecule has 0 aliphatic heterocycles. The summed E-state index contributed by atoms with van der Waals surface area (Å²) in [4.78, 5) is 8.55. The van der Waals surface area contributed by atoms with E-state index in [2.05, 4.69) is 15.3 Å². The zero-order valence-electron chi connectivity index (χ0n) is 11.8. The normalized spacial score (nSPS) is 23.4. The highest BCUT2D eigenvalue weighted by molar-refractivity contribution is 5.27. The van der Waals surface area contributed by atoms with Crippen LogP contribution in [0.5, 0.6) is 5.88 Å². The smallest absolute Gasteiger partial charge is 0.225 e. The van der Waals surface area contributed by atoms with Gasteiger partial charge in [0.15, 0.2) is 0 Å². The third-order valence-corrected chi connectivity index (χ3v) is 3.48. The van der Waals surface area contributed by atoms with Crippen molar-refractivity contribution in [3.8, 4) is 5.88 Å². The highest BCUT2D eigenvalue weighted by Gasteiger charge is 2.21. The molecule has 0 radical (unpaired) electrons. The average molecular weight is 264 g/mol. The van der Waals surface area contributed by atoms with Crippen LogP contribution in [0.2, 0.25) is 0 Å². The highest BCUT2D eigenvalue weighted by atomic mass is 16.5. The van der Waals surface area contributed by atoms with Crippen LogP contribution in [-0.2, 0) is 0 Å². The molecular weight excluding hydrogens is 240 g/mol. The summed E-state index contributed by atoms with van der Waals surface area (Å²) in [7, 11) is 0. The summed E-state index contributed by atoms with van der Waals surface area (Å²) in [5.74, 6) is 1.75. The largest absolute Gasteiger partial charge is 0.475 e. The molecule has 0 spiro atoms. The molecule has 1 aromatic heterocycles. The van der Waals surface area contributed by atoms with Gasteiger partial charge in [-0.25, -0.2) is 4.98 Å². The van der Waals surface area contributed by atoms with Crippen molar-refractivity contribution in [2.24, 2.45) is 11.7 Å². The summed E-state index contributed by atoms with van der Waals surface area (Å²) < 4.78 is 5.55.